The van der Waals surface area contributed by atoms with Gasteiger partial charge in [-0.2, -0.15) is 0 Å². The van der Waals surface area contributed by atoms with Crippen LogP contribution in [0.2, 0.25) is 0 Å². The van der Waals surface area contributed by atoms with Gasteiger partial charge < -0.3 is 0 Å². The molecule has 3 heteroatoms. The van der Waals surface area contributed by atoms with Gasteiger partial charge in [-0.25, -0.2) is 0 Å². The third-order valence-corrected chi connectivity index (χ3v) is 3.12. The number of hydrogen-bond acceptors (Lipinski definition) is 2. The number of hydrogen-bond donors (Lipinski definition) is 0. The Labute approximate surface area is 58.4 Å². The average molecular weight is 113 g/mol. The molecule has 0 nitrogen and oxygen atoms in total. The molecule has 1 aliphatic rings. The first-order valence-corrected chi connectivity index (χ1v) is 4.23. The van der Waals surface area contributed by atoms with Crippen LogP contribution in [-0.2, 0) is 0 Å². The maximum Gasteiger partial charge on any atom is 0.00450 e. The van der Waals surface area contributed by atoms with Gasteiger partial charge in [-0.1, -0.05) is 21.6 Å². The van der Waals surface area contributed by atoms with E-state index in [2.05, 4.69) is 0 Å². The van der Waals surface area contributed by atoms with E-state index < -0.39 is 0 Å². The molecule has 0 aromatic heterocycles. The van der Waals surface area contributed by atoms with E-state index in [0.29, 0.717) is 0 Å². The molecular formula is C3H6LiS2. The summed E-state index contributed by atoms with van der Waals surface area (Å²) in [4.78, 5) is 0. The van der Waals surface area contributed by atoms with Gasteiger partial charge in [-0.3, -0.25) is 0 Å². The maximum atomic E-state index is 1.99. The van der Waals surface area contributed by atoms with E-state index in [4.69, 9.17) is 0 Å². The summed E-state index contributed by atoms with van der Waals surface area (Å²) in [6.07, 6.45) is 1.43. The largest absolute Gasteiger partial charge is 0.0941 e. The van der Waals surface area contributed by atoms with Crippen molar-refractivity contribution in [1.82, 2.24) is 0 Å². The van der Waals surface area contributed by atoms with Gasteiger partial charge in [-0.15, -0.1) is 0 Å². The summed E-state index contributed by atoms with van der Waals surface area (Å²) in [5.41, 5.74) is 0. The van der Waals surface area contributed by atoms with Crippen LogP contribution in [0.5, 0.6) is 0 Å². The first-order valence-electron chi connectivity index (χ1n) is 1.74. The van der Waals surface area contributed by atoms with Gasteiger partial charge >= 0.3 is 0 Å². The van der Waals surface area contributed by atoms with E-state index in [-0.39, 0.29) is 18.9 Å². The Balaban J connectivity index is 0.000000250. The molecule has 0 N–H and O–H groups in total. The van der Waals surface area contributed by atoms with Crippen LogP contribution in [0.15, 0.2) is 0 Å². The quantitative estimate of drug-likeness (QED) is 0.344. The summed E-state index contributed by atoms with van der Waals surface area (Å²) in [5, 5.41) is 0. The summed E-state index contributed by atoms with van der Waals surface area (Å²) < 4.78 is 0. The first-order chi connectivity index (χ1) is 2.50. The topological polar surface area (TPSA) is 0 Å². The van der Waals surface area contributed by atoms with Crippen molar-refractivity contribution in [2.24, 2.45) is 0 Å². The van der Waals surface area contributed by atoms with Crippen LogP contribution in [0.3, 0.4) is 0 Å². The molecule has 6 heavy (non-hydrogen) atoms. The van der Waals surface area contributed by atoms with Gasteiger partial charge in [0.1, 0.15) is 0 Å². The Hall–Kier alpha value is 1.30. The zero-order valence-corrected chi connectivity index (χ0v) is 5.57. The normalized spacial score (nSPS) is 20.0. The fourth-order valence-corrected chi connectivity index (χ4v) is 2.65. The van der Waals surface area contributed by atoms with Gasteiger partial charge in [0.2, 0.25) is 0 Å². The molecule has 1 radical (unpaired) electrons. The van der Waals surface area contributed by atoms with Crippen molar-refractivity contribution < 1.29 is 0 Å². The molecule has 0 aliphatic carbocycles. The second kappa shape index (κ2) is 4.46. The monoisotopic (exact) mass is 113 g/mol. The second-order valence-corrected chi connectivity index (χ2v) is 3.70. The van der Waals surface area contributed by atoms with E-state index in [1.807, 2.05) is 21.6 Å². The SMILES string of the molecule is C1CSSC1.[Li]. The van der Waals surface area contributed by atoms with Crippen molar-refractivity contribution in [3.63, 3.8) is 0 Å². The Morgan fingerprint density at radius 2 is 1.50 bits per heavy atom. The molecule has 0 amide bonds. The smallest absolute Gasteiger partial charge is 0.00450 e. The van der Waals surface area contributed by atoms with Gasteiger partial charge in [0, 0.05) is 30.4 Å². The average Bonchev–Trinajstić information content (AvgIpc) is 1.76. The molecule has 0 saturated carbocycles. The summed E-state index contributed by atoms with van der Waals surface area (Å²) in [5.74, 6) is 2.76. The van der Waals surface area contributed by atoms with Gasteiger partial charge in [0.05, 0.1) is 0 Å². The van der Waals surface area contributed by atoms with E-state index in [1.165, 1.54) is 17.9 Å². The molecule has 1 heterocycles. The molecule has 0 atom stereocenters. The zero-order chi connectivity index (χ0) is 3.54. The van der Waals surface area contributed by atoms with E-state index in [9.17, 15) is 0 Å². The van der Waals surface area contributed by atoms with Crippen LogP contribution in [0.4, 0.5) is 0 Å². The van der Waals surface area contributed by atoms with Crippen LogP contribution < -0.4 is 0 Å². The molecule has 0 bridgehead atoms. The van der Waals surface area contributed by atoms with Gasteiger partial charge in [-0.05, 0) is 6.42 Å². The molecule has 1 aliphatic heterocycles. The predicted octanol–water partition coefficient (Wildman–Crippen LogP) is 1.39. The van der Waals surface area contributed by atoms with Crippen LogP contribution in [0.25, 0.3) is 0 Å². The summed E-state index contributed by atoms with van der Waals surface area (Å²) >= 11 is 0. The van der Waals surface area contributed by atoms with Gasteiger partial charge in [0.25, 0.3) is 0 Å². The maximum absolute atomic E-state index is 1.99. The first kappa shape index (κ1) is 7.30. The van der Waals surface area contributed by atoms with E-state index in [0.717, 1.165) is 0 Å². The van der Waals surface area contributed by atoms with Crippen molar-refractivity contribution in [2.75, 3.05) is 11.5 Å². The molecule has 1 fully saturated rings. The van der Waals surface area contributed by atoms with Crippen LogP contribution in [0.1, 0.15) is 6.42 Å². The Morgan fingerprint density at radius 3 is 1.67 bits per heavy atom. The Bertz CT molecular complexity index is 20.4. The Kier molecular flexibility index (Phi) is 5.42. The van der Waals surface area contributed by atoms with Crippen molar-refractivity contribution in [2.45, 2.75) is 6.42 Å². The van der Waals surface area contributed by atoms with E-state index >= 15 is 0 Å². The molecule has 31 valence electrons. The van der Waals surface area contributed by atoms with Crippen molar-refractivity contribution in [3.8, 4) is 0 Å². The van der Waals surface area contributed by atoms with Crippen LogP contribution >= 0.6 is 21.6 Å². The Morgan fingerprint density at radius 1 is 1.00 bits per heavy atom. The second-order valence-electron chi connectivity index (χ2n) is 0.998. The van der Waals surface area contributed by atoms with Gasteiger partial charge in [0.15, 0.2) is 0 Å². The zero-order valence-electron chi connectivity index (χ0n) is 3.94. The summed E-state index contributed by atoms with van der Waals surface area (Å²) in [7, 11) is 3.98. The minimum absolute atomic E-state index is 0. The fraction of sp³-hybridized carbons (Fsp3) is 1.00. The van der Waals surface area contributed by atoms with Crippen molar-refractivity contribution in [1.29, 1.82) is 0 Å². The van der Waals surface area contributed by atoms with E-state index in [1.54, 1.807) is 0 Å². The standard InChI is InChI=1S/C3H6S2.Li/c1-2-4-5-3-1;/h1-3H2;. The molecular weight excluding hydrogens is 107 g/mol. The predicted molar refractivity (Wildman–Crippen MR) is 35.3 cm³/mol. The molecule has 0 aromatic rings. The summed E-state index contributed by atoms with van der Waals surface area (Å²) in [6.45, 7) is 0. The van der Waals surface area contributed by atoms with Crippen LogP contribution in [-0.4, -0.2) is 30.4 Å². The molecule has 1 saturated heterocycles. The van der Waals surface area contributed by atoms with Crippen LogP contribution in [0, 0.1) is 0 Å². The molecule has 0 aromatic carbocycles. The third kappa shape index (κ3) is 2.47. The minimum atomic E-state index is 0. The third-order valence-electron chi connectivity index (χ3n) is 0.539. The fourth-order valence-electron chi connectivity index (χ4n) is 0.295. The molecule has 0 unspecified atom stereocenters. The molecule has 1 rings (SSSR count). The number of rotatable bonds is 0. The van der Waals surface area contributed by atoms with Crippen molar-refractivity contribution in [3.05, 3.63) is 0 Å². The van der Waals surface area contributed by atoms with Crippen molar-refractivity contribution >= 4 is 40.4 Å². The molecule has 0 spiro atoms. The summed E-state index contributed by atoms with van der Waals surface area (Å²) in [6, 6.07) is 0. The minimum Gasteiger partial charge on any atom is -0.0941 e.